The quantitative estimate of drug-likeness (QED) is 0.516. The van der Waals surface area contributed by atoms with Gasteiger partial charge in [-0.1, -0.05) is 18.2 Å². The molecule has 0 saturated heterocycles. The largest absolute Gasteiger partial charge is 0.375 e. The number of hydrazone groups is 1. The Bertz CT molecular complexity index is 593. The van der Waals surface area contributed by atoms with Crippen molar-refractivity contribution in [1.82, 2.24) is 5.43 Å². The Morgan fingerprint density at radius 1 is 1.33 bits per heavy atom. The number of benzene rings is 1. The van der Waals surface area contributed by atoms with Crippen molar-refractivity contribution in [2.24, 2.45) is 10.8 Å². The summed E-state index contributed by atoms with van der Waals surface area (Å²) in [5, 5.41) is 3.95. The van der Waals surface area contributed by atoms with Crippen molar-refractivity contribution in [3.05, 3.63) is 47.1 Å². The van der Waals surface area contributed by atoms with Crippen molar-refractivity contribution >= 4 is 34.9 Å². The fourth-order valence-corrected chi connectivity index (χ4v) is 2.35. The molecule has 0 radical (unpaired) electrons. The van der Waals surface area contributed by atoms with E-state index in [4.69, 9.17) is 5.73 Å². The van der Waals surface area contributed by atoms with Crippen LogP contribution >= 0.6 is 23.6 Å². The van der Waals surface area contributed by atoms with Crippen molar-refractivity contribution in [3.63, 3.8) is 0 Å². The molecular weight excluding hydrogens is 269 g/mol. The van der Waals surface area contributed by atoms with Crippen molar-refractivity contribution < 1.29 is 4.39 Å². The van der Waals surface area contributed by atoms with E-state index in [0.717, 1.165) is 9.75 Å². The summed E-state index contributed by atoms with van der Waals surface area (Å²) in [6.45, 7) is 0. The van der Waals surface area contributed by atoms with E-state index in [1.54, 1.807) is 24.4 Å². The third-order valence-corrected chi connectivity index (χ3v) is 3.28. The summed E-state index contributed by atoms with van der Waals surface area (Å²) in [5.41, 5.74) is 8.29. The molecule has 1 aromatic heterocycles. The second kappa shape index (κ2) is 5.70. The third-order valence-electron chi connectivity index (χ3n) is 2.13. The first-order valence-electron chi connectivity index (χ1n) is 5.10. The maximum atomic E-state index is 13.6. The Balaban J connectivity index is 2.18. The van der Waals surface area contributed by atoms with Crippen molar-refractivity contribution in [3.8, 4) is 10.4 Å². The molecule has 0 saturated carbocycles. The van der Waals surface area contributed by atoms with Crippen LogP contribution in [0.25, 0.3) is 10.4 Å². The minimum atomic E-state index is -0.232. The molecule has 0 amide bonds. The highest BCUT2D eigenvalue weighted by Crippen LogP contribution is 2.29. The van der Waals surface area contributed by atoms with Crippen LogP contribution in [0.1, 0.15) is 4.88 Å². The van der Waals surface area contributed by atoms with Gasteiger partial charge in [-0.15, -0.1) is 11.3 Å². The summed E-state index contributed by atoms with van der Waals surface area (Å²) in [7, 11) is 0. The molecule has 0 aliphatic rings. The molecule has 0 fully saturated rings. The van der Waals surface area contributed by atoms with Crippen LogP contribution < -0.4 is 11.2 Å². The van der Waals surface area contributed by atoms with Crippen LogP contribution in [0.2, 0.25) is 0 Å². The highest BCUT2D eigenvalue weighted by molar-refractivity contribution is 7.80. The molecule has 18 heavy (non-hydrogen) atoms. The van der Waals surface area contributed by atoms with Crippen LogP contribution in [0.4, 0.5) is 4.39 Å². The summed E-state index contributed by atoms with van der Waals surface area (Å²) in [6.07, 6.45) is 1.59. The predicted molar refractivity (Wildman–Crippen MR) is 77.2 cm³/mol. The van der Waals surface area contributed by atoms with Crippen molar-refractivity contribution in [1.29, 1.82) is 0 Å². The first kappa shape index (κ1) is 12.7. The molecule has 3 N–H and O–H groups in total. The molecule has 2 aromatic rings. The predicted octanol–water partition coefficient (Wildman–Crippen LogP) is 2.72. The van der Waals surface area contributed by atoms with Gasteiger partial charge < -0.3 is 5.73 Å². The summed E-state index contributed by atoms with van der Waals surface area (Å²) in [4.78, 5) is 1.74. The fourth-order valence-electron chi connectivity index (χ4n) is 1.39. The van der Waals surface area contributed by atoms with Crippen LogP contribution in [0, 0.1) is 5.82 Å². The van der Waals surface area contributed by atoms with E-state index in [9.17, 15) is 4.39 Å². The molecule has 1 heterocycles. The van der Waals surface area contributed by atoms with E-state index >= 15 is 0 Å². The second-order valence-corrected chi connectivity index (χ2v) is 4.97. The highest BCUT2D eigenvalue weighted by atomic mass is 32.1. The van der Waals surface area contributed by atoms with E-state index in [1.165, 1.54) is 17.4 Å². The van der Waals surface area contributed by atoms with Gasteiger partial charge in [0.15, 0.2) is 5.11 Å². The molecule has 2 rings (SSSR count). The average Bonchev–Trinajstić information content (AvgIpc) is 2.78. The van der Waals surface area contributed by atoms with Gasteiger partial charge in [0.05, 0.1) is 6.21 Å². The number of nitrogens with two attached hydrogens (primary N) is 1. The molecule has 6 heteroatoms. The lowest BCUT2D eigenvalue weighted by Gasteiger charge is -1.97. The zero-order valence-corrected chi connectivity index (χ0v) is 10.9. The number of nitrogens with zero attached hydrogens (tertiary/aromatic N) is 1. The second-order valence-electron chi connectivity index (χ2n) is 3.42. The van der Waals surface area contributed by atoms with Crippen LogP contribution in [0.3, 0.4) is 0 Å². The van der Waals surface area contributed by atoms with Gasteiger partial charge in [0.25, 0.3) is 0 Å². The smallest absolute Gasteiger partial charge is 0.184 e. The summed E-state index contributed by atoms with van der Waals surface area (Å²) in [6, 6.07) is 10.4. The molecule has 1 aromatic carbocycles. The van der Waals surface area contributed by atoms with Crippen LogP contribution in [-0.4, -0.2) is 11.3 Å². The normalized spacial score (nSPS) is 10.7. The van der Waals surface area contributed by atoms with E-state index in [0.29, 0.717) is 5.56 Å². The summed E-state index contributed by atoms with van der Waals surface area (Å²) in [5.74, 6) is -0.232. The Labute approximate surface area is 113 Å². The summed E-state index contributed by atoms with van der Waals surface area (Å²) < 4.78 is 13.6. The molecule has 0 atom stereocenters. The Hall–Kier alpha value is -1.79. The van der Waals surface area contributed by atoms with Gasteiger partial charge in [0.1, 0.15) is 5.82 Å². The van der Waals surface area contributed by atoms with Gasteiger partial charge in [-0.05, 0) is 30.4 Å². The van der Waals surface area contributed by atoms with E-state index in [2.05, 4.69) is 22.7 Å². The lowest BCUT2D eigenvalue weighted by Crippen LogP contribution is -2.23. The molecule has 0 aliphatic carbocycles. The lowest BCUT2D eigenvalue weighted by molar-refractivity contribution is 0.631. The zero-order chi connectivity index (χ0) is 13.0. The SMILES string of the molecule is NC(=S)NN=Cc1ccc(-c2ccccc2F)s1. The number of nitrogens with one attached hydrogen (secondary N) is 1. The van der Waals surface area contributed by atoms with E-state index in [1.807, 2.05) is 12.1 Å². The zero-order valence-electron chi connectivity index (χ0n) is 9.26. The maximum Gasteiger partial charge on any atom is 0.184 e. The number of thiocarbonyl (C=S) groups is 1. The third kappa shape index (κ3) is 3.12. The molecule has 92 valence electrons. The molecule has 0 spiro atoms. The van der Waals surface area contributed by atoms with Crippen molar-refractivity contribution in [2.45, 2.75) is 0 Å². The van der Waals surface area contributed by atoms with Gasteiger partial charge in [-0.2, -0.15) is 5.10 Å². The van der Waals surface area contributed by atoms with E-state index < -0.39 is 0 Å². The highest BCUT2D eigenvalue weighted by Gasteiger charge is 2.06. The Morgan fingerprint density at radius 3 is 2.83 bits per heavy atom. The number of hydrogen-bond acceptors (Lipinski definition) is 3. The van der Waals surface area contributed by atoms with Gasteiger partial charge >= 0.3 is 0 Å². The number of rotatable bonds is 3. The monoisotopic (exact) mass is 279 g/mol. The molecule has 0 unspecified atom stereocenters. The van der Waals surface area contributed by atoms with Gasteiger partial charge in [-0.3, -0.25) is 5.43 Å². The van der Waals surface area contributed by atoms with Gasteiger partial charge in [-0.25, -0.2) is 4.39 Å². The minimum Gasteiger partial charge on any atom is -0.375 e. The van der Waals surface area contributed by atoms with Gasteiger partial charge in [0, 0.05) is 15.3 Å². The van der Waals surface area contributed by atoms with Crippen molar-refractivity contribution in [2.75, 3.05) is 0 Å². The van der Waals surface area contributed by atoms with Crippen LogP contribution in [-0.2, 0) is 0 Å². The number of halogens is 1. The Morgan fingerprint density at radius 2 is 2.11 bits per heavy atom. The first-order chi connectivity index (χ1) is 8.66. The molecule has 3 nitrogen and oxygen atoms in total. The average molecular weight is 279 g/mol. The topological polar surface area (TPSA) is 50.4 Å². The van der Waals surface area contributed by atoms with E-state index in [-0.39, 0.29) is 10.9 Å². The van der Waals surface area contributed by atoms with Gasteiger partial charge in [0.2, 0.25) is 0 Å². The summed E-state index contributed by atoms with van der Waals surface area (Å²) >= 11 is 6.05. The fraction of sp³-hybridized carbons (Fsp3) is 0. The molecular formula is C12H10FN3S2. The minimum absolute atomic E-state index is 0.108. The lowest BCUT2D eigenvalue weighted by atomic mass is 10.2. The Kier molecular flexibility index (Phi) is 4.01. The molecule has 0 bridgehead atoms. The van der Waals surface area contributed by atoms with Crippen LogP contribution in [0.15, 0.2) is 41.5 Å². The maximum absolute atomic E-state index is 13.6. The first-order valence-corrected chi connectivity index (χ1v) is 6.32. The van der Waals surface area contributed by atoms with Crippen LogP contribution in [0.5, 0.6) is 0 Å². The number of hydrogen-bond donors (Lipinski definition) is 2. The standard InChI is InChI=1S/C12H10FN3S2/c13-10-4-2-1-3-9(10)11-6-5-8(18-11)7-15-16-12(14)17/h1-7H,(H3,14,16,17). The number of thiophene rings is 1. The molecule has 0 aliphatic heterocycles.